The molecule has 192 valence electrons. The van der Waals surface area contributed by atoms with E-state index in [0.717, 1.165) is 5.39 Å². The highest BCUT2D eigenvalue weighted by atomic mass is 35.5. The summed E-state index contributed by atoms with van der Waals surface area (Å²) in [7, 11) is 1.56. The number of hydrogen-bond donors (Lipinski definition) is 1. The van der Waals surface area contributed by atoms with Crippen LogP contribution >= 0.6 is 11.6 Å². The van der Waals surface area contributed by atoms with Crippen LogP contribution in [0.2, 0.25) is 5.02 Å². The number of aryl methyl sites for hydroxylation is 2. The van der Waals surface area contributed by atoms with Crippen molar-refractivity contribution in [2.45, 2.75) is 32.8 Å². The van der Waals surface area contributed by atoms with E-state index >= 15 is 0 Å². The molecule has 0 saturated carbocycles. The van der Waals surface area contributed by atoms with Crippen LogP contribution < -0.4 is 14.8 Å². The summed E-state index contributed by atoms with van der Waals surface area (Å²) in [4.78, 5) is 23.5. The van der Waals surface area contributed by atoms with Crippen LogP contribution in [0.1, 0.15) is 34.7 Å². The van der Waals surface area contributed by atoms with E-state index in [2.05, 4.69) is 20.4 Å². The number of amides is 1. The number of ether oxygens (including phenoxy) is 2. The van der Waals surface area contributed by atoms with Gasteiger partial charge in [0, 0.05) is 43.6 Å². The van der Waals surface area contributed by atoms with Gasteiger partial charge in [0.15, 0.2) is 17.3 Å². The molecule has 2 aromatic carbocycles. The third-order valence-electron chi connectivity index (χ3n) is 6.33. The van der Waals surface area contributed by atoms with E-state index < -0.39 is 5.82 Å². The number of nitrogens with one attached hydrogen (secondary N) is 1. The van der Waals surface area contributed by atoms with Crippen LogP contribution in [0, 0.1) is 19.7 Å². The van der Waals surface area contributed by atoms with Gasteiger partial charge in [0.25, 0.3) is 5.91 Å². The van der Waals surface area contributed by atoms with Crippen LogP contribution in [0.5, 0.6) is 11.5 Å². The van der Waals surface area contributed by atoms with Crippen molar-refractivity contribution >= 4 is 40.0 Å². The quantitative estimate of drug-likeness (QED) is 0.354. The molecule has 1 N–H and O–H groups in total. The number of nitrogens with zero attached hydrogens (tertiary/aromatic N) is 4. The molecule has 0 atom stereocenters. The third-order valence-corrected chi connectivity index (χ3v) is 6.63. The maximum atomic E-state index is 14.3. The number of likely N-dealkylation sites (tertiary alicyclic amines) is 1. The molecule has 5 rings (SSSR count). The number of carbonyl (C=O) groups is 1. The molecule has 3 heterocycles. The molecule has 9 nitrogen and oxygen atoms in total. The van der Waals surface area contributed by atoms with Gasteiger partial charge >= 0.3 is 0 Å². The van der Waals surface area contributed by atoms with Gasteiger partial charge < -0.3 is 24.2 Å². The van der Waals surface area contributed by atoms with E-state index in [0.29, 0.717) is 60.0 Å². The predicted molar refractivity (Wildman–Crippen MR) is 136 cm³/mol. The maximum absolute atomic E-state index is 14.3. The van der Waals surface area contributed by atoms with Gasteiger partial charge in [0.05, 0.1) is 29.0 Å². The average Bonchev–Trinajstić information content (AvgIpc) is 3.24. The number of hydrogen-bond acceptors (Lipinski definition) is 8. The third kappa shape index (κ3) is 5.01. The highest BCUT2D eigenvalue weighted by Crippen LogP contribution is 2.34. The van der Waals surface area contributed by atoms with Gasteiger partial charge in [-0.25, -0.2) is 14.4 Å². The number of fused-ring (bicyclic) bond motifs is 1. The molecule has 0 radical (unpaired) electrons. The van der Waals surface area contributed by atoms with E-state index in [1.54, 1.807) is 50.3 Å². The van der Waals surface area contributed by atoms with Crippen LogP contribution in [0.25, 0.3) is 10.9 Å². The minimum Gasteiger partial charge on any atom is -0.493 e. The SMILES string of the molecule is COc1cc2nc(Nc3cccc(Cl)c3F)ncc2cc1OC1CCN(C(=O)c2c(C)noc2C)CC1. The van der Waals surface area contributed by atoms with Crippen LogP contribution in [0.3, 0.4) is 0 Å². The highest BCUT2D eigenvalue weighted by molar-refractivity contribution is 6.31. The Morgan fingerprint density at radius 3 is 2.70 bits per heavy atom. The molecule has 1 amide bonds. The van der Waals surface area contributed by atoms with Gasteiger partial charge in [-0.1, -0.05) is 22.8 Å². The fraction of sp³-hybridized carbons (Fsp3) is 0.308. The maximum Gasteiger partial charge on any atom is 0.259 e. The summed E-state index contributed by atoms with van der Waals surface area (Å²) >= 11 is 5.86. The van der Waals surface area contributed by atoms with Gasteiger partial charge in [0.2, 0.25) is 5.95 Å². The predicted octanol–water partition coefficient (Wildman–Crippen LogP) is 5.46. The number of anilines is 2. The largest absolute Gasteiger partial charge is 0.493 e. The summed E-state index contributed by atoms with van der Waals surface area (Å²) in [6.07, 6.45) is 2.87. The van der Waals surface area contributed by atoms with Gasteiger partial charge in [-0.2, -0.15) is 0 Å². The number of rotatable bonds is 6. The Morgan fingerprint density at radius 2 is 2.00 bits per heavy atom. The Labute approximate surface area is 217 Å². The van der Waals surface area contributed by atoms with Gasteiger partial charge in [-0.05, 0) is 32.0 Å². The van der Waals surface area contributed by atoms with Crippen LogP contribution in [0.4, 0.5) is 16.0 Å². The normalized spacial score (nSPS) is 14.1. The Hall–Kier alpha value is -3.92. The van der Waals surface area contributed by atoms with Crippen LogP contribution in [-0.2, 0) is 0 Å². The van der Waals surface area contributed by atoms with Crippen molar-refractivity contribution < 1.29 is 23.2 Å². The lowest BCUT2D eigenvalue weighted by molar-refractivity contribution is 0.0589. The molecule has 0 aliphatic carbocycles. The average molecular weight is 526 g/mol. The Kier molecular flexibility index (Phi) is 6.84. The molecule has 4 aromatic rings. The topological polar surface area (TPSA) is 103 Å². The van der Waals surface area contributed by atoms with Crippen molar-refractivity contribution in [3.63, 3.8) is 0 Å². The molecule has 2 aromatic heterocycles. The first-order chi connectivity index (χ1) is 17.8. The van der Waals surface area contributed by atoms with Crippen molar-refractivity contribution in [2.24, 2.45) is 0 Å². The van der Waals surface area contributed by atoms with Gasteiger partial charge in [-0.3, -0.25) is 4.79 Å². The summed E-state index contributed by atoms with van der Waals surface area (Å²) in [5.74, 6) is 1.18. The summed E-state index contributed by atoms with van der Waals surface area (Å²) in [5.41, 5.74) is 1.91. The molecule has 0 bridgehead atoms. The first-order valence-electron chi connectivity index (χ1n) is 11.8. The van der Waals surface area contributed by atoms with Crippen molar-refractivity contribution in [3.8, 4) is 11.5 Å². The molecule has 37 heavy (non-hydrogen) atoms. The second kappa shape index (κ2) is 10.2. The molecule has 0 spiro atoms. The first kappa shape index (κ1) is 24.8. The van der Waals surface area contributed by atoms with E-state index in [9.17, 15) is 9.18 Å². The van der Waals surface area contributed by atoms with Crippen molar-refractivity contribution in [1.82, 2.24) is 20.0 Å². The highest BCUT2D eigenvalue weighted by Gasteiger charge is 2.29. The van der Waals surface area contributed by atoms with Crippen molar-refractivity contribution in [2.75, 3.05) is 25.5 Å². The number of aromatic nitrogens is 3. The van der Waals surface area contributed by atoms with E-state index in [-0.39, 0.29) is 28.7 Å². The molecule has 1 aliphatic heterocycles. The zero-order chi connectivity index (χ0) is 26.1. The number of benzene rings is 2. The second-order valence-corrected chi connectivity index (χ2v) is 9.20. The number of piperidine rings is 1. The summed E-state index contributed by atoms with van der Waals surface area (Å²) in [6.45, 7) is 4.63. The molecular formula is C26H25ClFN5O4. The van der Waals surface area contributed by atoms with Crippen molar-refractivity contribution in [1.29, 1.82) is 0 Å². The van der Waals surface area contributed by atoms with Crippen molar-refractivity contribution in [3.05, 3.63) is 64.4 Å². The molecule has 1 saturated heterocycles. The number of carbonyl (C=O) groups excluding carboxylic acids is 1. The van der Waals surface area contributed by atoms with E-state index in [1.165, 1.54) is 6.07 Å². The molecule has 0 unspecified atom stereocenters. The van der Waals surface area contributed by atoms with Gasteiger partial charge in [0.1, 0.15) is 17.4 Å². The summed E-state index contributed by atoms with van der Waals surface area (Å²) < 4.78 is 31.2. The standard InChI is InChI=1S/C26H25ClFN5O4/c1-14-23(15(2)37-32-14)25(34)33-9-7-17(8-10-33)36-22-11-16-13-29-26(31-20(16)12-21(22)35-3)30-19-6-4-5-18(27)24(19)28/h4-6,11-13,17H,7-10H2,1-3H3,(H,29,30,31). The Bertz CT molecular complexity index is 1450. The lowest BCUT2D eigenvalue weighted by atomic mass is 10.1. The summed E-state index contributed by atoms with van der Waals surface area (Å²) in [5, 5.41) is 7.48. The smallest absolute Gasteiger partial charge is 0.259 e. The second-order valence-electron chi connectivity index (χ2n) is 8.79. The Balaban J connectivity index is 1.29. The first-order valence-corrected chi connectivity index (χ1v) is 12.2. The molecule has 1 aliphatic rings. The fourth-order valence-corrected chi connectivity index (χ4v) is 4.55. The zero-order valence-corrected chi connectivity index (χ0v) is 21.3. The fourth-order valence-electron chi connectivity index (χ4n) is 4.37. The Morgan fingerprint density at radius 1 is 1.22 bits per heavy atom. The van der Waals surface area contributed by atoms with E-state index in [1.807, 2.05) is 6.07 Å². The van der Waals surface area contributed by atoms with E-state index in [4.69, 9.17) is 25.6 Å². The zero-order valence-electron chi connectivity index (χ0n) is 20.5. The summed E-state index contributed by atoms with van der Waals surface area (Å²) in [6, 6.07) is 8.23. The van der Waals surface area contributed by atoms with Crippen LogP contribution in [-0.4, -0.2) is 52.2 Å². The minimum atomic E-state index is -0.575. The minimum absolute atomic E-state index is 0.00756. The molecule has 11 heteroatoms. The molecule has 1 fully saturated rings. The number of halogens is 2. The van der Waals surface area contributed by atoms with Gasteiger partial charge in [-0.15, -0.1) is 0 Å². The number of methoxy groups -OCH3 is 1. The lowest BCUT2D eigenvalue weighted by Crippen LogP contribution is -2.42. The lowest BCUT2D eigenvalue weighted by Gasteiger charge is -2.32. The molecular weight excluding hydrogens is 501 g/mol. The van der Waals surface area contributed by atoms with Crippen LogP contribution in [0.15, 0.2) is 41.1 Å². The monoisotopic (exact) mass is 525 g/mol.